The summed E-state index contributed by atoms with van der Waals surface area (Å²) in [5, 5.41) is 4.15. The van der Waals surface area contributed by atoms with Crippen molar-refractivity contribution in [3.05, 3.63) is 29.5 Å². The normalized spacial score (nSPS) is 10.7. The SMILES string of the molecule is Cc1nc(C)c(C)c(-c2cnn(C)c2)n1. The van der Waals surface area contributed by atoms with Crippen LogP contribution in [0.1, 0.15) is 17.1 Å². The van der Waals surface area contributed by atoms with Crippen LogP contribution >= 0.6 is 0 Å². The third-order valence-electron chi connectivity index (χ3n) is 2.48. The number of nitrogens with zero attached hydrogens (tertiary/aromatic N) is 4. The number of rotatable bonds is 1. The van der Waals surface area contributed by atoms with Crippen molar-refractivity contribution in [3.8, 4) is 11.3 Å². The number of aryl methyl sites for hydroxylation is 3. The van der Waals surface area contributed by atoms with Crippen LogP contribution in [0.25, 0.3) is 11.3 Å². The first-order chi connectivity index (χ1) is 7.08. The molecule has 0 bridgehead atoms. The monoisotopic (exact) mass is 202 g/mol. The second-order valence-electron chi connectivity index (χ2n) is 3.73. The van der Waals surface area contributed by atoms with E-state index in [0.717, 1.165) is 28.3 Å². The number of hydrogen-bond donors (Lipinski definition) is 0. The van der Waals surface area contributed by atoms with Crippen molar-refractivity contribution in [2.75, 3.05) is 0 Å². The van der Waals surface area contributed by atoms with E-state index in [2.05, 4.69) is 15.1 Å². The van der Waals surface area contributed by atoms with Gasteiger partial charge in [-0.05, 0) is 26.3 Å². The minimum Gasteiger partial charge on any atom is -0.275 e. The van der Waals surface area contributed by atoms with Gasteiger partial charge in [0.05, 0.1) is 11.9 Å². The van der Waals surface area contributed by atoms with Gasteiger partial charge in [-0.2, -0.15) is 5.10 Å². The van der Waals surface area contributed by atoms with E-state index >= 15 is 0 Å². The summed E-state index contributed by atoms with van der Waals surface area (Å²) < 4.78 is 1.78. The molecule has 2 aromatic heterocycles. The van der Waals surface area contributed by atoms with Crippen molar-refractivity contribution in [2.24, 2.45) is 7.05 Å². The zero-order chi connectivity index (χ0) is 11.0. The topological polar surface area (TPSA) is 43.6 Å². The van der Waals surface area contributed by atoms with Crippen molar-refractivity contribution in [3.63, 3.8) is 0 Å². The van der Waals surface area contributed by atoms with Gasteiger partial charge in [-0.15, -0.1) is 0 Å². The number of aromatic nitrogens is 4. The molecule has 0 aliphatic carbocycles. The lowest BCUT2D eigenvalue weighted by molar-refractivity contribution is 0.768. The highest BCUT2D eigenvalue weighted by Gasteiger charge is 2.09. The second kappa shape index (κ2) is 3.46. The van der Waals surface area contributed by atoms with Crippen LogP contribution in [0, 0.1) is 20.8 Å². The lowest BCUT2D eigenvalue weighted by Crippen LogP contribution is -1.98. The zero-order valence-electron chi connectivity index (χ0n) is 9.44. The molecular weight excluding hydrogens is 188 g/mol. The van der Waals surface area contributed by atoms with Crippen LogP contribution in [0.15, 0.2) is 12.4 Å². The van der Waals surface area contributed by atoms with Gasteiger partial charge in [0.15, 0.2) is 0 Å². The molecule has 4 nitrogen and oxygen atoms in total. The average molecular weight is 202 g/mol. The summed E-state index contributed by atoms with van der Waals surface area (Å²) >= 11 is 0. The van der Waals surface area contributed by atoms with E-state index in [4.69, 9.17) is 0 Å². The molecular formula is C11H14N4. The first-order valence-electron chi connectivity index (χ1n) is 4.89. The molecule has 0 N–H and O–H groups in total. The first kappa shape index (κ1) is 9.83. The lowest BCUT2D eigenvalue weighted by Gasteiger charge is -2.06. The van der Waals surface area contributed by atoms with Crippen LogP contribution in [0.3, 0.4) is 0 Å². The molecule has 2 heterocycles. The molecule has 0 aliphatic heterocycles. The summed E-state index contributed by atoms with van der Waals surface area (Å²) in [6.07, 6.45) is 3.79. The Hall–Kier alpha value is -1.71. The van der Waals surface area contributed by atoms with Crippen molar-refractivity contribution in [1.82, 2.24) is 19.7 Å². The molecule has 0 saturated carbocycles. The third kappa shape index (κ3) is 1.75. The quantitative estimate of drug-likeness (QED) is 0.708. The molecule has 4 heteroatoms. The van der Waals surface area contributed by atoms with Crippen LogP contribution in [0.2, 0.25) is 0 Å². The van der Waals surface area contributed by atoms with Crippen LogP contribution in [-0.2, 0) is 7.05 Å². The maximum atomic E-state index is 4.45. The molecule has 2 rings (SSSR count). The fourth-order valence-corrected chi connectivity index (χ4v) is 1.59. The Morgan fingerprint density at radius 2 is 1.87 bits per heavy atom. The van der Waals surface area contributed by atoms with Crippen LogP contribution < -0.4 is 0 Å². The summed E-state index contributed by atoms with van der Waals surface area (Å²) in [6.45, 7) is 5.95. The maximum Gasteiger partial charge on any atom is 0.126 e. The fourth-order valence-electron chi connectivity index (χ4n) is 1.59. The van der Waals surface area contributed by atoms with Gasteiger partial charge in [0.1, 0.15) is 5.82 Å². The minimum atomic E-state index is 0.803. The summed E-state index contributed by atoms with van der Waals surface area (Å²) in [5.41, 5.74) is 4.17. The van der Waals surface area contributed by atoms with Gasteiger partial charge in [0.25, 0.3) is 0 Å². The Balaban J connectivity index is 2.62. The Labute approximate surface area is 89.0 Å². The van der Waals surface area contributed by atoms with Crippen molar-refractivity contribution >= 4 is 0 Å². The fraction of sp³-hybridized carbons (Fsp3) is 0.364. The molecule has 2 aromatic rings. The van der Waals surface area contributed by atoms with Crippen molar-refractivity contribution in [1.29, 1.82) is 0 Å². The average Bonchev–Trinajstić information content (AvgIpc) is 2.58. The van der Waals surface area contributed by atoms with Crippen LogP contribution in [-0.4, -0.2) is 19.7 Å². The van der Waals surface area contributed by atoms with Gasteiger partial charge in [-0.3, -0.25) is 4.68 Å². The Morgan fingerprint density at radius 3 is 2.47 bits per heavy atom. The Bertz CT molecular complexity index is 499. The van der Waals surface area contributed by atoms with Crippen LogP contribution in [0.4, 0.5) is 0 Å². The summed E-state index contributed by atoms with van der Waals surface area (Å²) in [7, 11) is 1.90. The lowest BCUT2D eigenvalue weighted by atomic mass is 10.1. The third-order valence-corrected chi connectivity index (χ3v) is 2.48. The van der Waals surface area contributed by atoms with E-state index in [1.165, 1.54) is 0 Å². The molecule has 15 heavy (non-hydrogen) atoms. The van der Waals surface area contributed by atoms with E-state index in [1.807, 2.05) is 40.2 Å². The first-order valence-corrected chi connectivity index (χ1v) is 4.89. The highest BCUT2D eigenvalue weighted by Crippen LogP contribution is 2.21. The highest BCUT2D eigenvalue weighted by molar-refractivity contribution is 5.61. The van der Waals surface area contributed by atoms with Crippen LogP contribution in [0.5, 0.6) is 0 Å². The van der Waals surface area contributed by atoms with Gasteiger partial charge < -0.3 is 0 Å². The number of hydrogen-bond acceptors (Lipinski definition) is 3. The molecule has 0 amide bonds. The molecule has 0 aromatic carbocycles. The zero-order valence-corrected chi connectivity index (χ0v) is 9.44. The summed E-state index contributed by atoms with van der Waals surface area (Å²) in [5.74, 6) is 0.803. The Kier molecular flexibility index (Phi) is 2.26. The van der Waals surface area contributed by atoms with Crippen molar-refractivity contribution < 1.29 is 0 Å². The maximum absolute atomic E-state index is 4.45. The molecule has 0 radical (unpaired) electrons. The van der Waals surface area contributed by atoms with Gasteiger partial charge in [0.2, 0.25) is 0 Å². The smallest absolute Gasteiger partial charge is 0.126 e. The standard InChI is InChI=1S/C11H14N4/c1-7-8(2)13-9(3)14-11(7)10-5-12-15(4)6-10/h5-6H,1-4H3. The predicted molar refractivity (Wildman–Crippen MR) is 58.4 cm³/mol. The highest BCUT2D eigenvalue weighted by atomic mass is 15.2. The van der Waals surface area contributed by atoms with E-state index in [-0.39, 0.29) is 0 Å². The van der Waals surface area contributed by atoms with Gasteiger partial charge >= 0.3 is 0 Å². The van der Waals surface area contributed by atoms with Crippen molar-refractivity contribution in [2.45, 2.75) is 20.8 Å². The van der Waals surface area contributed by atoms with Gasteiger partial charge in [-0.1, -0.05) is 0 Å². The van der Waals surface area contributed by atoms with E-state index in [0.29, 0.717) is 0 Å². The van der Waals surface area contributed by atoms with Gasteiger partial charge in [0, 0.05) is 24.5 Å². The van der Waals surface area contributed by atoms with E-state index in [9.17, 15) is 0 Å². The Morgan fingerprint density at radius 1 is 1.13 bits per heavy atom. The molecule has 0 spiro atoms. The molecule has 0 atom stereocenters. The largest absolute Gasteiger partial charge is 0.275 e. The molecule has 0 unspecified atom stereocenters. The van der Waals surface area contributed by atoms with E-state index in [1.54, 1.807) is 4.68 Å². The molecule has 0 aliphatic rings. The van der Waals surface area contributed by atoms with E-state index < -0.39 is 0 Å². The summed E-state index contributed by atoms with van der Waals surface area (Å²) in [4.78, 5) is 8.78. The molecule has 0 saturated heterocycles. The molecule has 0 fully saturated rings. The predicted octanol–water partition coefficient (Wildman–Crippen LogP) is 1.80. The molecule has 78 valence electrons. The van der Waals surface area contributed by atoms with Gasteiger partial charge in [-0.25, -0.2) is 9.97 Å². The summed E-state index contributed by atoms with van der Waals surface area (Å²) in [6, 6.07) is 0. The minimum absolute atomic E-state index is 0.803. The second-order valence-corrected chi connectivity index (χ2v) is 3.73.